The van der Waals surface area contributed by atoms with E-state index in [1.165, 1.54) is 0 Å². The van der Waals surface area contributed by atoms with Crippen molar-refractivity contribution in [3.63, 3.8) is 0 Å². The molecule has 15 heavy (non-hydrogen) atoms. The molecule has 3 heteroatoms. The van der Waals surface area contributed by atoms with Crippen molar-refractivity contribution in [3.05, 3.63) is 34.9 Å². The molecule has 0 bridgehead atoms. The molecule has 0 spiro atoms. The number of nitrogens with one attached hydrogen (secondary N) is 1. The molecule has 0 amide bonds. The lowest BCUT2D eigenvalue weighted by molar-refractivity contribution is 0.376. The molecule has 0 fully saturated rings. The molecule has 0 saturated carbocycles. The first-order valence-corrected chi connectivity index (χ1v) is 6.01. The van der Waals surface area contributed by atoms with Crippen LogP contribution in [0.4, 0.5) is 0 Å². The lowest BCUT2D eigenvalue weighted by Gasteiger charge is -2.25. The van der Waals surface area contributed by atoms with E-state index in [1.54, 1.807) is 0 Å². The largest absolute Gasteiger partial charge is 0.308 e. The molecule has 0 atom stereocenters. The van der Waals surface area contributed by atoms with Gasteiger partial charge in [-0.15, -0.1) is 11.6 Å². The third kappa shape index (κ3) is 4.42. The predicted octanol–water partition coefficient (Wildman–Crippen LogP) is 3.84. The molecule has 0 aromatic heterocycles. The molecule has 0 unspecified atom stereocenters. The van der Waals surface area contributed by atoms with Crippen molar-refractivity contribution in [1.82, 2.24) is 5.32 Å². The Labute approximate surface area is 102 Å². The van der Waals surface area contributed by atoms with E-state index in [1.807, 2.05) is 24.3 Å². The quantitative estimate of drug-likeness (QED) is 0.778. The molecule has 0 heterocycles. The third-order valence-electron chi connectivity index (χ3n) is 2.43. The third-order valence-corrected chi connectivity index (χ3v) is 2.99. The second kappa shape index (κ2) is 5.74. The number of hydrogen-bond donors (Lipinski definition) is 1. The minimum atomic E-state index is 0.0565. The van der Waals surface area contributed by atoms with Gasteiger partial charge in [-0.2, -0.15) is 0 Å². The summed E-state index contributed by atoms with van der Waals surface area (Å²) in [5.74, 6) is 0.669. The SMILES string of the molecule is CC(C)(CCCl)NCc1ccccc1Cl. The highest BCUT2D eigenvalue weighted by Gasteiger charge is 2.15. The van der Waals surface area contributed by atoms with Gasteiger partial charge in [0.2, 0.25) is 0 Å². The number of halogens is 2. The minimum absolute atomic E-state index is 0.0565. The van der Waals surface area contributed by atoms with Crippen LogP contribution in [0.1, 0.15) is 25.8 Å². The molecule has 1 rings (SSSR count). The van der Waals surface area contributed by atoms with E-state index in [2.05, 4.69) is 19.2 Å². The smallest absolute Gasteiger partial charge is 0.0450 e. The van der Waals surface area contributed by atoms with E-state index in [4.69, 9.17) is 23.2 Å². The van der Waals surface area contributed by atoms with Gasteiger partial charge < -0.3 is 5.32 Å². The summed E-state index contributed by atoms with van der Waals surface area (Å²) in [5, 5.41) is 4.26. The summed E-state index contributed by atoms with van der Waals surface area (Å²) >= 11 is 11.8. The zero-order valence-corrected chi connectivity index (χ0v) is 10.7. The fourth-order valence-electron chi connectivity index (χ4n) is 1.30. The standard InChI is InChI=1S/C12H17Cl2N/c1-12(2,7-8-13)15-9-10-5-3-4-6-11(10)14/h3-6,15H,7-9H2,1-2H3. The van der Waals surface area contributed by atoms with E-state index in [-0.39, 0.29) is 5.54 Å². The van der Waals surface area contributed by atoms with Crippen molar-refractivity contribution in [3.8, 4) is 0 Å². The van der Waals surface area contributed by atoms with Gasteiger partial charge in [0, 0.05) is 23.0 Å². The van der Waals surface area contributed by atoms with Gasteiger partial charge in [-0.3, -0.25) is 0 Å². The van der Waals surface area contributed by atoms with Crippen molar-refractivity contribution < 1.29 is 0 Å². The summed E-state index contributed by atoms with van der Waals surface area (Å²) in [6.45, 7) is 5.07. The number of alkyl halides is 1. The van der Waals surface area contributed by atoms with E-state index in [0.29, 0.717) is 5.88 Å². The van der Waals surface area contributed by atoms with Crippen molar-refractivity contribution in [2.75, 3.05) is 5.88 Å². The maximum atomic E-state index is 6.06. The Morgan fingerprint density at radius 1 is 1.27 bits per heavy atom. The Hall–Kier alpha value is -0.240. The van der Waals surface area contributed by atoms with Crippen LogP contribution in [0.2, 0.25) is 5.02 Å². The topological polar surface area (TPSA) is 12.0 Å². The van der Waals surface area contributed by atoms with Crippen LogP contribution in [0.3, 0.4) is 0 Å². The first-order chi connectivity index (χ1) is 7.05. The average molecular weight is 246 g/mol. The van der Waals surface area contributed by atoms with Gasteiger partial charge in [0.25, 0.3) is 0 Å². The molecule has 0 aliphatic heterocycles. The molecule has 84 valence electrons. The second-order valence-corrected chi connectivity index (χ2v) is 5.05. The Morgan fingerprint density at radius 2 is 1.93 bits per heavy atom. The lowest BCUT2D eigenvalue weighted by atomic mass is 10.0. The van der Waals surface area contributed by atoms with Crippen LogP contribution in [0.25, 0.3) is 0 Å². The van der Waals surface area contributed by atoms with Crippen LogP contribution in [-0.2, 0) is 6.54 Å². The fourth-order valence-corrected chi connectivity index (χ4v) is 1.98. The molecule has 0 aliphatic rings. The van der Waals surface area contributed by atoms with Crippen LogP contribution in [0.5, 0.6) is 0 Å². The van der Waals surface area contributed by atoms with Crippen LogP contribution in [-0.4, -0.2) is 11.4 Å². The normalized spacial score (nSPS) is 11.7. The van der Waals surface area contributed by atoms with E-state index >= 15 is 0 Å². The molecule has 1 nitrogen and oxygen atoms in total. The lowest BCUT2D eigenvalue weighted by Crippen LogP contribution is -2.39. The van der Waals surface area contributed by atoms with E-state index < -0.39 is 0 Å². The summed E-state index contributed by atoms with van der Waals surface area (Å²) in [7, 11) is 0. The monoisotopic (exact) mass is 245 g/mol. The Balaban J connectivity index is 2.53. The van der Waals surface area contributed by atoms with Crippen LogP contribution in [0, 0.1) is 0 Å². The molecule has 0 aliphatic carbocycles. The molecule has 1 aromatic carbocycles. The highest BCUT2D eigenvalue weighted by Crippen LogP contribution is 2.17. The summed E-state index contributed by atoms with van der Waals surface area (Å²) < 4.78 is 0. The summed E-state index contributed by atoms with van der Waals surface area (Å²) in [4.78, 5) is 0. The van der Waals surface area contributed by atoms with Gasteiger partial charge in [-0.05, 0) is 31.9 Å². The maximum absolute atomic E-state index is 6.06. The minimum Gasteiger partial charge on any atom is -0.308 e. The number of hydrogen-bond acceptors (Lipinski definition) is 1. The zero-order chi connectivity index (χ0) is 11.3. The zero-order valence-electron chi connectivity index (χ0n) is 9.19. The van der Waals surface area contributed by atoms with Gasteiger partial charge in [-0.25, -0.2) is 0 Å². The van der Waals surface area contributed by atoms with Crippen molar-refractivity contribution in [2.24, 2.45) is 0 Å². The highest BCUT2D eigenvalue weighted by molar-refractivity contribution is 6.31. The highest BCUT2D eigenvalue weighted by atomic mass is 35.5. The summed E-state index contributed by atoms with van der Waals surface area (Å²) in [6, 6.07) is 7.88. The number of rotatable bonds is 5. The molecule has 0 saturated heterocycles. The maximum Gasteiger partial charge on any atom is 0.0450 e. The van der Waals surface area contributed by atoms with Gasteiger partial charge in [0.15, 0.2) is 0 Å². The first kappa shape index (κ1) is 12.8. The number of benzene rings is 1. The van der Waals surface area contributed by atoms with Crippen LogP contribution < -0.4 is 5.32 Å². The van der Waals surface area contributed by atoms with Gasteiger partial charge >= 0.3 is 0 Å². The van der Waals surface area contributed by atoms with E-state index in [0.717, 1.165) is 23.6 Å². The van der Waals surface area contributed by atoms with Gasteiger partial charge in [0.05, 0.1) is 0 Å². The molecular weight excluding hydrogens is 229 g/mol. The van der Waals surface area contributed by atoms with Gasteiger partial charge in [0.1, 0.15) is 0 Å². The van der Waals surface area contributed by atoms with Gasteiger partial charge in [-0.1, -0.05) is 29.8 Å². The van der Waals surface area contributed by atoms with Crippen molar-refractivity contribution in [2.45, 2.75) is 32.4 Å². The van der Waals surface area contributed by atoms with Crippen molar-refractivity contribution >= 4 is 23.2 Å². The van der Waals surface area contributed by atoms with Crippen LogP contribution in [0.15, 0.2) is 24.3 Å². The average Bonchev–Trinajstić information content (AvgIpc) is 2.16. The molecule has 0 radical (unpaired) electrons. The second-order valence-electron chi connectivity index (χ2n) is 4.27. The molecule has 1 aromatic rings. The van der Waals surface area contributed by atoms with Crippen molar-refractivity contribution in [1.29, 1.82) is 0 Å². The molecular formula is C12H17Cl2N. The Kier molecular flexibility index (Phi) is 4.91. The fraction of sp³-hybridized carbons (Fsp3) is 0.500. The summed E-state index contributed by atoms with van der Waals surface area (Å²) in [6.07, 6.45) is 0.943. The molecule has 1 N–H and O–H groups in total. The predicted molar refractivity (Wildman–Crippen MR) is 67.7 cm³/mol. The Bertz CT molecular complexity index is 310. The first-order valence-electron chi connectivity index (χ1n) is 5.09. The van der Waals surface area contributed by atoms with E-state index in [9.17, 15) is 0 Å². The summed E-state index contributed by atoms with van der Waals surface area (Å²) in [5.41, 5.74) is 1.18. The van der Waals surface area contributed by atoms with Crippen LogP contribution >= 0.6 is 23.2 Å². The Morgan fingerprint density at radius 3 is 2.53 bits per heavy atom.